The number of hydrogen-bond acceptors (Lipinski definition) is 2. The van der Waals surface area contributed by atoms with Gasteiger partial charge in [0.1, 0.15) is 0 Å². The number of hydrogen-bond donors (Lipinski definition) is 1. The molecule has 3 heteroatoms. The van der Waals surface area contributed by atoms with E-state index in [2.05, 4.69) is 24.0 Å². The van der Waals surface area contributed by atoms with E-state index in [4.69, 9.17) is 16.7 Å². The zero-order chi connectivity index (χ0) is 12.7. The fraction of sp³-hybridized carbons (Fsp3) is 0.571. The Balaban J connectivity index is 2.64. The summed E-state index contributed by atoms with van der Waals surface area (Å²) >= 11 is 6.22. The zero-order valence-electron chi connectivity index (χ0n) is 10.7. The minimum atomic E-state index is 0.202. The number of aliphatic hydroxyl groups excluding tert-OH is 1. The number of unbranched alkanes of at least 4 members (excludes halogenated alkanes) is 1. The largest absolute Gasteiger partial charge is 0.395 e. The van der Waals surface area contributed by atoms with Crippen molar-refractivity contribution < 1.29 is 5.11 Å². The van der Waals surface area contributed by atoms with Gasteiger partial charge in [0.2, 0.25) is 0 Å². The molecule has 0 atom stereocenters. The average molecular weight is 256 g/mol. The molecule has 1 rings (SSSR count). The van der Waals surface area contributed by atoms with Crippen LogP contribution in [0.2, 0.25) is 5.02 Å². The maximum atomic E-state index is 9.05. The third-order valence-corrected chi connectivity index (χ3v) is 3.20. The number of benzene rings is 1. The molecule has 1 aromatic carbocycles. The summed E-state index contributed by atoms with van der Waals surface area (Å²) in [5.41, 5.74) is 2.32. The third-order valence-electron chi connectivity index (χ3n) is 2.85. The first-order chi connectivity index (χ1) is 8.17. The number of rotatable bonds is 7. The highest BCUT2D eigenvalue weighted by Gasteiger charge is 2.07. The molecule has 0 spiro atoms. The normalized spacial score (nSPS) is 11.1. The van der Waals surface area contributed by atoms with Crippen molar-refractivity contribution in [1.29, 1.82) is 0 Å². The van der Waals surface area contributed by atoms with E-state index >= 15 is 0 Å². The van der Waals surface area contributed by atoms with Crippen molar-refractivity contribution in [2.24, 2.45) is 0 Å². The van der Waals surface area contributed by atoms with Crippen molar-refractivity contribution in [3.8, 4) is 0 Å². The summed E-state index contributed by atoms with van der Waals surface area (Å²) in [6.07, 6.45) is 2.33. The summed E-state index contributed by atoms with van der Waals surface area (Å²) in [4.78, 5) is 2.25. The Hall–Kier alpha value is -0.570. The molecule has 0 radical (unpaired) electrons. The molecule has 1 aromatic rings. The number of halogens is 1. The summed E-state index contributed by atoms with van der Waals surface area (Å²) in [6, 6.07) is 6.15. The lowest BCUT2D eigenvalue weighted by Crippen LogP contribution is -2.27. The Morgan fingerprint density at radius 2 is 2.06 bits per heavy atom. The number of aryl methyl sites for hydroxylation is 1. The molecule has 0 aliphatic rings. The molecule has 0 aliphatic carbocycles. The molecule has 0 fully saturated rings. The molecule has 0 amide bonds. The fourth-order valence-corrected chi connectivity index (χ4v) is 2.11. The van der Waals surface area contributed by atoms with Crippen LogP contribution in [0.25, 0.3) is 0 Å². The van der Waals surface area contributed by atoms with Crippen molar-refractivity contribution in [2.75, 3.05) is 19.7 Å². The highest BCUT2D eigenvalue weighted by Crippen LogP contribution is 2.19. The molecule has 0 bridgehead atoms. The van der Waals surface area contributed by atoms with E-state index in [-0.39, 0.29) is 6.61 Å². The van der Waals surface area contributed by atoms with Crippen LogP contribution < -0.4 is 0 Å². The average Bonchev–Trinajstić information content (AvgIpc) is 2.29. The highest BCUT2D eigenvalue weighted by molar-refractivity contribution is 6.31. The second-order valence-corrected chi connectivity index (χ2v) is 4.86. The van der Waals surface area contributed by atoms with Gasteiger partial charge in [-0.15, -0.1) is 0 Å². The van der Waals surface area contributed by atoms with Gasteiger partial charge in [0, 0.05) is 18.1 Å². The van der Waals surface area contributed by atoms with Gasteiger partial charge in [0.25, 0.3) is 0 Å². The molecule has 0 aromatic heterocycles. The van der Waals surface area contributed by atoms with Gasteiger partial charge in [-0.3, -0.25) is 4.90 Å². The van der Waals surface area contributed by atoms with E-state index in [1.165, 1.54) is 12.0 Å². The summed E-state index contributed by atoms with van der Waals surface area (Å²) in [5, 5.41) is 9.88. The van der Waals surface area contributed by atoms with Crippen LogP contribution in [0.15, 0.2) is 18.2 Å². The Labute approximate surface area is 109 Å². The minimum Gasteiger partial charge on any atom is -0.395 e. The summed E-state index contributed by atoms with van der Waals surface area (Å²) in [5.74, 6) is 0. The molecule has 0 unspecified atom stereocenters. The highest BCUT2D eigenvalue weighted by atomic mass is 35.5. The topological polar surface area (TPSA) is 23.5 Å². The third kappa shape index (κ3) is 5.07. The maximum absolute atomic E-state index is 9.05. The van der Waals surface area contributed by atoms with Gasteiger partial charge >= 0.3 is 0 Å². The Bertz CT molecular complexity index is 341. The van der Waals surface area contributed by atoms with E-state index in [9.17, 15) is 0 Å². The van der Waals surface area contributed by atoms with Crippen LogP contribution in [0.5, 0.6) is 0 Å². The monoisotopic (exact) mass is 255 g/mol. The standard InChI is InChI=1S/C14H22ClNO/c1-3-4-7-16(8-9-17)11-13-6-5-12(2)10-14(13)15/h5-6,10,17H,3-4,7-9,11H2,1-2H3. The van der Waals surface area contributed by atoms with Crippen molar-refractivity contribution in [3.05, 3.63) is 34.3 Å². The van der Waals surface area contributed by atoms with Crippen LogP contribution in [0.1, 0.15) is 30.9 Å². The Morgan fingerprint density at radius 3 is 2.65 bits per heavy atom. The van der Waals surface area contributed by atoms with Gasteiger partial charge < -0.3 is 5.11 Å². The molecule has 0 saturated carbocycles. The van der Waals surface area contributed by atoms with Crippen LogP contribution in [0.3, 0.4) is 0 Å². The van der Waals surface area contributed by atoms with E-state index in [0.717, 1.165) is 30.1 Å². The van der Waals surface area contributed by atoms with Crippen molar-refractivity contribution >= 4 is 11.6 Å². The first-order valence-electron chi connectivity index (χ1n) is 6.25. The van der Waals surface area contributed by atoms with Gasteiger partial charge in [-0.1, -0.05) is 37.1 Å². The SMILES string of the molecule is CCCCN(CCO)Cc1ccc(C)cc1Cl. The molecule has 0 heterocycles. The predicted octanol–water partition coefficient (Wildman–Crippen LogP) is 3.24. The summed E-state index contributed by atoms with van der Waals surface area (Å²) in [7, 11) is 0. The second-order valence-electron chi connectivity index (χ2n) is 4.45. The number of aliphatic hydroxyl groups is 1. The van der Waals surface area contributed by atoms with Gasteiger partial charge in [-0.2, -0.15) is 0 Å². The first kappa shape index (κ1) is 14.5. The van der Waals surface area contributed by atoms with Crippen LogP contribution in [-0.2, 0) is 6.54 Å². The van der Waals surface area contributed by atoms with Crippen molar-refractivity contribution in [2.45, 2.75) is 33.2 Å². The quantitative estimate of drug-likeness (QED) is 0.809. The summed E-state index contributed by atoms with van der Waals surface area (Å²) < 4.78 is 0. The molecule has 96 valence electrons. The lowest BCUT2D eigenvalue weighted by atomic mass is 10.1. The van der Waals surface area contributed by atoms with E-state index in [0.29, 0.717) is 6.54 Å². The molecular weight excluding hydrogens is 234 g/mol. The van der Waals surface area contributed by atoms with Gasteiger partial charge in [-0.05, 0) is 37.1 Å². The van der Waals surface area contributed by atoms with Crippen LogP contribution >= 0.6 is 11.6 Å². The minimum absolute atomic E-state index is 0.202. The second kappa shape index (κ2) is 7.70. The lowest BCUT2D eigenvalue weighted by Gasteiger charge is -2.21. The molecule has 2 nitrogen and oxygen atoms in total. The summed E-state index contributed by atoms with van der Waals surface area (Å²) in [6.45, 7) is 6.96. The smallest absolute Gasteiger partial charge is 0.0558 e. The van der Waals surface area contributed by atoms with Gasteiger partial charge in [0.15, 0.2) is 0 Å². The van der Waals surface area contributed by atoms with Crippen LogP contribution in [0, 0.1) is 6.92 Å². The molecular formula is C14H22ClNO. The van der Waals surface area contributed by atoms with Crippen LogP contribution in [-0.4, -0.2) is 29.7 Å². The fourth-order valence-electron chi connectivity index (χ4n) is 1.81. The molecule has 0 saturated heterocycles. The molecule has 17 heavy (non-hydrogen) atoms. The van der Waals surface area contributed by atoms with Crippen molar-refractivity contribution in [3.63, 3.8) is 0 Å². The van der Waals surface area contributed by atoms with Gasteiger partial charge in [-0.25, -0.2) is 0 Å². The Kier molecular flexibility index (Phi) is 6.56. The zero-order valence-corrected chi connectivity index (χ0v) is 11.5. The lowest BCUT2D eigenvalue weighted by molar-refractivity contribution is 0.188. The first-order valence-corrected chi connectivity index (χ1v) is 6.63. The maximum Gasteiger partial charge on any atom is 0.0558 e. The van der Waals surface area contributed by atoms with E-state index in [1.807, 2.05) is 13.0 Å². The van der Waals surface area contributed by atoms with Crippen molar-refractivity contribution in [1.82, 2.24) is 4.90 Å². The molecule has 0 aliphatic heterocycles. The van der Waals surface area contributed by atoms with E-state index < -0.39 is 0 Å². The molecule has 1 N–H and O–H groups in total. The van der Waals surface area contributed by atoms with Gasteiger partial charge in [0.05, 0.1) is 6.61 Å². The van der Waals surface area contributed by atoms with E-state index in [1.54, 1.807) is 0 Å². The Morgan fingerprint density at radius 1 is 1.29 bits per heavy atom. The number of nitrogens with zero attached hydrogens (tertiary/aromatic N) is 1. The predicted molar refractivity (Wildman–Crippen MR) is 73.5 cm³/mol. The van der Waals surface area contributed by atoms with Crippen LogP contribution in [0.4, 0.5) is 0 Å².